The van der Waals surface area contributed by atoms with Gasteiger partial charge in [0, 0.05) is 24.7 Å². The first kappa shape index (κ1) is 18.2. The van der Waals surface area contributed by atoms with Gasteiger partial charge in [-0.2, -0.15) is 5.10 Å². The molecule has 2 atom stereocenters. The molecule has 3 heteroatoms. The van der Waals surface area contributed by atoms with Crippen molar-refractivity contribution in [3.8, 4) is 0 Å². The van der Waals surface area contributed by atoms with Gasteiger partial charge in [-0.15, -0.1) is 0 Å². The van der Waals surface area contributed by atoms with Crippen molar-refractivity contribution < 1.29 is 0 Å². The molecule has 0 bridgehead atoms. The first-order chi connectivity index (χ1) is 9.81. The van der Waals surface area contributed by atoms with Gasteiger partial charge >= 0.3 is 0 Å². The van der Waals surface area contributed by atoms with Gasteiger partial charge in [-0.05, 0) is 43.7 Å². The lowest BCUT2D eigenvalue weighted by Gasteiger charge is -2.31. The topological polar surface area (TPSA) is 29.9 Å². The summed E-state index contributed by atoms with van der Waals surface area (Å²) in [5.41, 5.74) is 2.96. The zero-order valence-corrected chi connectivity index (χ0v) is 15.2. The van der Waals surface area contributed by atoms with Crippen LogP contribution in [-0.4, -0.2) is 22.4 Å². The minimum atomic E-state index is 0.368. The zero-order valence-electron chi connectivity index (χ0n) is 15.2. The van der Waals surface area contributed by atoms with Gasteiger partial charge in [0.05, 0.1) is 5.69 Å². The van der Waals surface area contributed by atoms with Crippen LogP contribution in [0.2, 0.25) is 0 Å². The summed E-state index contributed by atoms with van der Waals surface area (Å²) in [6.07, 6.45) is 3.31. The van der Waals surface area contributed by atoms with Crippen LogP contribution in [0.1, 0.15) is 66.3 Å². The summed E-state index contributed by atoms with van der Waals surface area (Å²) >= 11 is 0. The molecule has 21 heavy (non-hydrogen) atoms. The average molecular weight is 293 g/mol. The molecule has 3 nitrogen and oxygen atoms in total. The number of aryl methyl sites for hydroxylation is 2. The molecule has 0 spiro atoms. The molecule has 2 unspecified atom stereocenters. The molecule has 0 saturated heterocycles. The molecular formula is C18H35N3. The van der Waals surface area contributed by atoms with Crippen LogP contribution in [0.4, 0.5) is 0 Å². The van der Waals surface area contributed by atoms with Crippen molar-refractivity contribution in [1.82, 2.24) is 15.1 Å². The summed E-state index contributed by atoms with van der Waals surface area (Å²) in [6.45, 7) is 17.9. The second kappa shape index (κ2) is 7.98. The number of rotatable bonds is 8. The molecule has 1 aromatic heterocycles. The molecule has 1 aromatic rings. The molecule has 0 fully saturated rings. The van der Waals surface area contributed by atoms with Crippen molar-refractivity contribution in [3.63, 3.8) is 0 Å². The van der Waals surface area contributed by atoms with Crippen molar-refractivity contribution in [3.05, 3.63) is 17.5 Å². The summed E-state index contributed by atoms with van der Waals surface area (Å²) < 4.78 is 2.17. The highest BCUT2D eigenvalue weighted by Crippen LogP contribution is 2.29. The SMILES string of the molecule is CCNC(Cc1cc(CC)nn1CC)CC(C)C(C)(C)C. The third-order valence-electron chi connectivity index (χ3n) is 4.64. The Labute approximate surface area is 131 Å². The van der Waals surface area contributed by atoms with Gasteiger partial charge in [0.25, 0.3) is 0 Å². The molecule has 0 aliphatic carbocycles. The normalized spacial score (nSPS) is 15.2. The molecule has 0 aromatic carbocycles. The summed E-state index contributed by atoms with van der Waals surface area (Å²) in [6, 6.07) is 2.83. The third kappa shape index (κ3) is 5.46. The Balaban J connectivity index is 2.80. The van der Waals surface area contributed by atoms with Gasteiger partial charge in [0.15, 0.2) is 0 Å². The Morgan fingerprint density at radius 2 is 1.90 bits per heavy atom. The molecule has 1 N–H and O–H groups in total. The first-order valence-electron chi connectivity index (χ1n) is 8.60. The van der Waals surface area contributed by atoms with E-state index in [1.165, 1.54) is 17.8 Å². The lowest BCUT2D eigenvalue weighted by molar-refractivity contribution is 0.222. The van der Waals surface area contributed by atoms with E-state index in [2.05, 4.69) is 69.6 Å². The summed E-state index contributed by atoms with van der Waals surface area (Å²) in [5.74, 6) is 0.699. The zero-order chi connectivity index (χ0) is 16.0. The molecule has 0 aliphatic rings. The predicted molar refractivity (Wildman–Crippen MR) is 91.7 cm³/mol. The highest BCUT2D eigenvalue weighted by Gasteiger charge is 2.24. The van der Waals surface area contributed by atoms with E-state index in [0.29, 0.717) is 17.4 Å². The van der Waals surface area contributed by atoms with Crippen LogP contribution in [-0.2, 0) is 19.4 Å². The summed E-state index contributed by atoms with van der Waals surface area (Å²) in [4.78, 5) is 0. The highest BCUT2D eigenvalue weighted by atomic mass is 15.3. The van der Waals surface area contributed by atoms with E-state index in [1.54, 1.807) is 0 Å². The number of hydrogen-bond acceptors (Lipinski definition) is 2. The van der Waals surface area contributed by atoms with Crippen LogP contribution in [0.15, 0.2) is 6.07 Å². The molecule has 1 rings (SSSR count). The van der Waals surface area contributed by atoms with Gasteiger partial charge < -0.3 is 5.32 Å². The number of nitrogens with one attached hydrogen (secondary N) is 1. The van der Waals surface area contributed by atoms with E-state index in [9.17, 15) is 0 Å². The molecule has 0 aliphatic heterocycles. The number of likely N-dealkylation sites (N-methyl/N-ethyl adjacent to an activating group) is 1. The minimum absolute atomic E-state index is 0.368. The van der Waals surface area contributed by atoms with Gasteiger partial charge in [-0.1, -0.05) is 41.5 Å². The lowest BCUT2D eigenvalue weighted by Crippen LogP contribution is -2.35. The van der Waals surface area contributed by atoms with Crippen LogP contribution < -0.4 is 5.32 Å². The Kier molecular flexibility index (Phi) is 6.92. The Morgan fingerprint density at radius 1 is 1.24 bits per heavy atom. The molecule has 122 valence electrons. The quantitative estimate of drug-likeness (QED) is 0.783. The van der Waals surface area contributed by atoms with Crippen molar-refractivity contribution in [2.24, 2.45) is 11.3 Å². The largest absolute Gasteiger partial charge is 0.314 e. The smallest absolute Gasteiger partial charge is 0.0624 e. The fraction of sp³-hybridized carbons (Fsp3) is 0.833. The molecule has 0 radical (unpaired) electrons. The summed E-state index contributed by atoms with van der Waals surface area (Å²) in [5, 5.41) is 8.35. The van der Waals surface area contributed by atoms with Crippen molar-refractivity contribution in [2.75, 3.05) is 6.54 Å². The number of nitrogens with zero attached hydrogens (tertiary/aromatic N) is 2. The lowest BCUT2D eigenvalue weighted by atomic mass is 9.78. The van der Waals surface area contributed by atoms with E-state index in [4.69, 9.17) is 0 Å². The van der Waals surface area contributed by atoms with Gasteiger partial charge in [0.1, 0.15) is 0 Å². The van der Waals surface area contributed by atoms with Gasteiger partial charge in [-0.25, -0.2) is 0 Å². The van der Waals surface area contributed by atoms with Crippen molar-refractivity contribution in [1.29, 1.82) is 0 Å². The number of hydrogen-bond donors (Lipinski definition) is 1. The number of aromatic nitrogens is 2. The standard InChI is InChI=1S/C18H35N3/c1-8-15-12-17(21(10-3)20-15)13-16(19-9-2)11-14(4)18(5,6)7/h12,14,16,19H,8-11,13H2,1-7H3. The average Bonchev–Trinajstić information content (AvgIpc) is 2.80. The first-order valence-corrected chi connectivity index (χ1v) is 8.60. The van der Waals surface area contributed by atoms with Crippen LogP contribution in [0.25, 0.3) is 0 Å². The highest BCUT2D eigenvalue weighted by molar-refractivity contribution is 5.12. The van der Waals surface area contributed by atoms with E-state index < -0.39 is 0 Å². The second-order valence-corrected chi connectivity index (χ2v) is 7.26. The van der Waals surface area contributed by atoms with Crippen LogP contribution in [0.5, 0.6) is 0 Å². The van der Waals surface area contributed by atoms with Crippen LogP contribution in [0, 0.1) is 11.3 Å². The molecule has 0 amide bonds. The Hall–Kier alpha value is -0.830. The van der Waals surface area contributed by atoms with Crippen molar-refractivity contribution >= 4 is 0 Å². The summed E-state index contributed by atoms with van der Waals surface area (Å²) in [7, 11) is 0. The second-order valence-electron chi connectivity index (χ2n) is 7.26. The van der Waals surface area contributed by atoms with E-state index in [-0.39, 0.29) is 0 Å². The fourth-order valence-electron chi connectivity index (χ4n) is 2.69. The van der Waals surface area contributed by atoms with E-state index in [0.717, 1.165) is 25.9 Å². The van der Waals surface area contributed by atoms with Gasteiger partial charge in [0.2, 0.25) is 0 Å². The molecule has 1 heterocycles. The predicted octanol–water partition coefficient (Wildman–Crippen LogP) is 4.06. The maximum absolute atomic E-state index is 4.68. The third-order valence-corrected chi connectivity index (χ3v) is 4.64. The fourth-order valence-corrected chi connectivity index (χ4v) is 2.69. The van der Waals surface area contributed by atoms with Crippen molar-refractivity contribution in [2.45, 2.75) is 80.3 Å². The maximum atomic E-state index is 4.68. The van der Waals surface area contributed by atoms with Gasteiger partial charge in [-0.3, -0.25) is 4.68 Å². The van der Waals surface area contributed by atoms with E-state index >= 15 is 0 Å². The molecule has 0 saturated carbocycles. The van der Waals surface area contributed by atoms with Crippen LogP contribution >= 0.6 is 0 Å². The Bertz CT molecular complexity index is 415. The maximum Gasteiger partial charge on any atom is 0.0624 e. The van der Waals surface area contributed by atoms with E-state index in [1.807, 2.05) is 0 Å². The monoisotopic (exact) mass is 293 g/mol. The van der Waals surface area contributed by atoms with Crippen LogP contribution in [0.3, 0.4) is 0 Å². The molecular weight excluding hydrogens is 258 g/mol. The Morgan fingerprint density at radius 3 is 2.38 bits per heavy atom. The minimum Gasteiger partial charge on any atom is -0.314 e.